The van der Waals surface area contributed by atoms with E-state index < -0.39 is 17.8 Å². The zero-order valence-electron chi connectivity index (χ0n) is 12.9. The Morgan fingerprint density at radius 2 is 1.83 bits per heavy atom. The molecular weight excluding hydrogens is 310 g/mol. The molecule has 1 heterocycles. The van der Waals surface area contributed by atoms with Crippen molar-refractivity contribution in [1.29, 1.82) is 0 Å². The average molecular weight is 327 g/mol. The second-order valence-electron chi connectivity index (χ2n) is 5.41. The van der Waals surface area contributed by atoms with E-state index in [4.69, 9.17) is 9.47 Å². The van der Waals surface area contributed by atoms with Gasteiger partial charge in [0.1, 0.15) is 0 Å². The van der Waals surface area contributed by atoms with Crippen LogP contribution in [0.2, 0.25) is 0 Å². The summed E-state index contributed by atoms with van der Waals surface area (Å²) in [5, 5.41) is 12.0. The molecule has 2 N–H and O–H groups in total. The molecule has 24 heavy (non-hydrogen) atoms. The molecule has 0 aliphatic carbocycles. The number of fused-ring (bicyclic) bond motifs is 1. The molecule has 0 fully saturated rings. The summed E-state index contributed by atoms with van der Waals surface area (Å²) in [6.45, 7) is 0.558. The van der Waals surface area contributed by atoms with E-state index in [1.807, 2.05) is 18.2 Å². The van der Waals surface area contributed by atoms with Gasteiger partial charge in [-0.1, -0.05) is 36.4 Å². The first kappa shape index (κ1) is 15.9. The number of ether oxygens (including phenoxy) is 2. The lowest BCUT2D eigenvalue weighted by atomic mass is 9.98. The summed E-state index contributed by atoms with van der Waals surface area (Å²) in [6.07, 6.45) is 0.573. The fourth-order valence-corrected chi connectivity index (χ4v) is 2.58. The van der Waals surface area contributed by atoms with Gasteiger partial charge in [-0.25, -0.2) is 0 Å². The summed E-state index contributed by atoms with van der Waals surface area (Å²) in [5.74, 6) is -1.50. The lowest BCUT2D eigenvalue weighted by Gasteiger charge is -2.13. The number of carbonyl (C=O) groups excluding carboxylic acids is 1. The molecule has 1 amide bonds. The molecular formula is C18H17NO5. The zero-order chi connectivity index (χ0) is 16.9. The number of carboxylic acids is 1. The standard InChI is InChI=1S/C18H17NO5/c20-17(16(18(21)22)13-4-2-1-3-5-13)19-9-8-12-6-7-14-15(10-12)24-11-23-14/h1-7,10,16H,8-9,11H2,(H,19,20)(H,21,22). The molecule has 0 bridgehead atoms. The minimum Gasteiger partial charge on any atom is -0.480 e. The van der Waals surface area contributed by atoms with Crippen LogP contribution in [0.1, 0.15) is 17.0 Å². The third kappa shape index (κ3) is 3.48. The molecule has 1 aliphatic rings. The summed E-state index contributed by atoms with van der Waals surface area (Å²) in [6, 6.07) is 14.1. The summed E-state index contributed by atoms with van der Waals surface area (Å²) in [4.78, 5) is 23.6. The van der Waals surface area contributed by atoms with Gasteiger partial charge >= 0.3 is 5.97 Å². The van der Waals surface area contributed by atoms with Crippen LogP contribution in [0.3, 0.4) is 0 Å². The van der Waals surface area contributed by atoms with E-state index in [-0.39, 0.29) is 6.79 Å². The van der Waals surface area contributed by atoms with E-state index in [0.717, 1.165) is 5.56 Å². The summed E-state index contributed by atoms with van der Waals surface area (Å²) in [7, 11) is 0. The quantitative estimate of drug-likeness (QED) is 0.792. The lowest BCUT2D eigenvalue weighted by Crippen LogP contribution is -2.34. The molecule has 1 aliphatic heterocycles. The summed E-state index contributed by atoms with van der Waals surface area (Å²) in [5.41, 5.74) is 1.44. The highest BCUT2D eigenvalue weighted by Gasteiger charge is 2.27. The van der Waals surface area contributed by atoms with Gasteiger partial charge in [0.2, 0.25) is 12.7 Å². The van der Waals surface area contributed by atoms with Crippen molar-refractivity contribution in [1.82, 2.24) is 5.32 Å². The normalized spacial score (nSPS) is 13.3. The van der Waals surface area contributed by atoms with Crippen molar-refractivity contribution in [3.05, 3.63) is 59.7 Å². The van der Waals surface area contributed by atoms with E-state index in [9.17, 15) is 14.7 Å². The first-order valence-electron chi connectivity index (χ1n) is 7.59. The second kappa shape index (κ2) is 7.04. The van der Waals surface area contributed by atoms with Gasteiger partial charge in [-0.05, 0) is 29.7 Å². The van der Waals surface area contributed by atoms with Gasteiger partial charge in [-0.3, -0.25) is 9.59 Å². The van der Waals surface area contributed by atoms with E-state index in [1.54, 1.807) is 30.3 Å². The number of rotatable bonds is 6. The molecule has 0 saturated heterocycles. The largest absolute Gasteiger partial charge is 0.480 e. The van der Waals surface area contributed by atoms with E-state index in [1.165, 1.54) is 0 Å². The molecule has 0 saturated carbocycles. The number of aliphatic carboxylic acids is 1. The fraction of sp³-hybridized carbons (Fsp3) is 0.222. The number of amides is 1. The number of benzene rings is 2. The summed E-state index contributed by atoms with van der Waals surface area (Å²) < 4.78 is 10.6. The van der Waals surface area contributed by atoms with Crippen LogP contribution in [-0.4, -0.2) is 30.3 Å². The van der Waals surface area contributed by atoms with E-state index >= 15 is 0 Å². The molecule has 124 valence electrons. The topological polar surface area (TPSA) is 84.9 Å². The molecule has 0 aromatic heterocycles. The van der Waals surface area contributed by atoms with Gasteiger partial charge in [0.15, 0.2) is 17.4 Å². The Morgan fingerprint density at radius 1 is 1.08 bits per heavy atom. The van der Waals surface area contributed by atoms with Crippen LogP contribution < -0.4 is 14.8 Å². The molecule has 3 rings (SSSR count). The fourth-order valence-electron chi connectivity index (χ4n) is 2.58. The third-order valence-corrected chi connectivity index (χ3v) is 3.79. The second-order valence-corrected chi connectivity index (χ2v) is 5.41. The van der Waals surface area contributed by atoms with Crippen molar-refractivity contribution in [3.63, 3.8) is 0 Å². The molecule has 1 atom stereocenters. The molecule has 6 nitrogen and oxygen atoms in total. The maximum absolute atomic E-state index is 12.2. The number of hydrogen-bond acceptors (Lipinski definition) is 4. The molecule has 6 heteroatoms. The van der Waals surface area contributed by atoms with Gasteiger partial charge in [0.25, 0.3) is 0 Å². The van der Waals surface area contributed by atoms with Crippen molar-refractivity contribution in [2.45, 2.75) is 12.3 Å². The molecule has 2 aromatic carbocycles. The minimum atomic E-state index is -1.21. The molecule has 1 unspecified atom stereocenters. The van der Waals surface area contributed by atoms with Crippen molar-refractivity contribution in [2.75, 3.05) is 13.3 Å². The Bertz CT molecular complexity index is 744. The van der Waals surface area contributed by atoms with E-state index in [2.05, 4.69) is 5.32 Å². The smallest absolute Gasteiger partial charge is 0.320 e. The highest BCUT2D eigenvalue weighted by atomic mass is 16.7. The minimum absolute atomic E-state index is 0.215. The van der Waals surface area contributed by atoms with Crippen molar-refractivity contribution in [2.24, 2.45) is 0 Å². The maximum atomic E-state index is 12.2. The van der Waals surface area contributed by atoms with Crippen LogP contribution in [-0.2, 0) is 16.0 Å². The van der Waals surface area contributed by atoms with Gasteiger partial charge in [0, 0.05) is 6.54 Å². The first-order valence-corrected chi connectivity index (χ1v) is 7.59. The maximum Gasteiger partial charge on any atom is 0.320 e. The van der Waals surface area contributed by atoms with Gasteiger partial charge in [-0.15, -0.1) is 0 Å². The highest BCUT2D eigenvalue weighted by Crippen LogP contribution is 2.32. The van der Waals surface area contributed by atoms with Gasteiger partial charge < -0.3 is 19.9 Å². The van der Waals surface area contributed by atoms with Crippen LogP contribution >= 0.6 is 0 Å². The van der Waals surface area contributed by atoms with Crippen LogP contribution in [0.4, 0.5) is 0 Å². The van der Waals surface area contributed by atoms with Gasteiger partial charge in [0.05, 0.1) is 0 Å². The average Bonchev–Trinajstić information content (AvgIpc) is 3.03. The number of nitrogens with one attached hydrogen (secondary N) is 1. The lowest BCUT2D eigenvalue weighted by molar-refractivity contribution is -0.143. The van der Waals surface area contributed by atoms with Crippen molar-refractivity contribution in [3.8, 4) is 11.5 Å². The monoisotopic (exact) mass is 327 g/mol. The predicted molar refractivity (Wildman–Crippen MR) is 86.1 cm³/mol. The van der Waals surface area contributed by atoms with Crippen LogP contribution in [0.25, 0.3) is 0 Å². The van der Waals surface area contributed by atoms with Crippen LogP contribution in [0.5, 0.6) is 11.5 Å². The van der Waals surface area contributed by atoms with E-state index in [0.29, 0.717) is 30.0 Å². The summed E-state index contributed by atoms with van der Waals surface area (Å²) >= 11 is 0. The van der Waals surface area contributed by atoms with Crippen LogP contribution in [0.15, 0.2) is 48.5 Å². The van der Waals surface area contributed by atoms with Crippen molar-refractivity contribution >= 4 is 11.9 Å². The highest BCUT2D eigenvalue weighted by molar-refractivity contribution is 6.02. The molecule has 0 radical (unpaired) electrons. The van der Waals surface area contributed by atoms with Crippen molar-refractivity contribution < 1.29 is 24.2 Å². The Labute approximate surface area is 139 Å². The molecule has 2 aromatic rings. The zero-order valence-corrected chi connectivity index (χ0v) is 12.9. The SMILES string of the molecule is O=C(O)C(C(=O)NCCc1ccc2c(c1)OCO2)c1ccccc1. The third-order valence-electron chi connectivity index (χ3n) is 3.79. The number of carboxylic acid groups (broad SMARTS) is 1. The Hall–Kier alpha value is -3.02. The Kier molecular flexibility index (Phi) is 4.65. The molecule has 0 spiro atoms. The van der Waals surface area contributed by atoms with Gasteiger partial charge in [-0.2, -0.15) is 0 Å². The Morgan fingerprint density at radius 3 is 2.58 bits per heavy atom. The number of carbonyl (C=O) groups is 2. The van der Waals surface area contributed by atoms with Crippen LogP contribution in [0, 0.1) is 0 Å². The predicted octanol–water partition coefficient (Wildman–Crippen LogP) is 1.94. The number of hydrogen-bond donors (Lipinski definition) is 2. The first-order chi connectivity index (χ1) is 11.6. The Balaban J connectivity index is 1.59.